The maximum absolute atomic E-state index is 10.1. The van der Waals surface area contributed by atoms with Crippen LogP contribution in [0.1, 0.15) is 5.56 Å². The van der Waals surface area contributed by atoms with Crippen LogP contribution >= 0.6 is 0 Å². The van der Waals surface area contributed by atoms with Gasteiger partial charge < -0.3 is 19.9 Å². The van der Waals surface area contributed by atoms with Gasteiger partial charge in [-0.15, -0.1) is 0 Å². The van der Waals surface area contributed by atoms with Gasteiger partial charge in [-0.3, -0.25) is 0 Å². The van der Waals surface area contributed by atoms with E-state index in [9.17, 15) is 9.90 Å². The molecule has 0 heterocycles. The number of carbonyl (C=O) groups is 1. The normalized spacial score (nSPS) is 10.4. The van der Waals surface area contributed by atoms with Crippen molar-refractivity contribution in [2.75, 3.05) is 0 Å². The topological polar surface area (TPSA) is 80.6 Å². The number of hydrogen-bond donors (Lipinski definition) is 2. The summed E-state index contributed by atoms with van der Waals surface area (Å²) in [6.45, 7) is 0. The fourth-order valence-electron chi connectivity index (χ4n) is 0.944. The molecule has 0 bridgehead atoms. The second-order valence-electron chi connectivity index (χ2n) is 2.69. The zero-order valence-corrected chi connectivity index (χ0v) is 7.25. The molecule has 0 aliphatic rings. The Morgan fingerprint density at radius 1 is 1.29 bits per heavy atom. The maximum Gasteiger partial charge on any atom is 0.488 e. The number of carbonyl (C=O) groups excluding carboxylic acids is 1. The zero-order chi connectivity index (χ0) is 10.6. The molecule has 1 aromatic rings. The molecule has 0 radical (unpaired) electrons. The minimum Gasteiger partial charge on any atom is -0.545 e. The third-order valence-electron chi connectivity index (χ3n) is 1.65. The highest BCUT2D eigenvalue weighted by Crippen LogP contribution is 1.99. The van der Waals surface area contributed by atoms with E-state index in [1.54, 1.807) is 12.1 Å². The maximum atomic E-state index is 10.1. The van der Waals surface area contributed by atoms with Crippen LogP contribution in [0, 0.1) is 0 Å². The van der Waals surface area contributed by atoms with E-state index in [0.717, 1.165) is 6.08 Å². The average Bonchev–Trinajstić information content (AvgIpc) is 2.15. The second-order valence-corrected chi connectivity index (χ2v) is 2.69. The van der Waals surface area contributed by atoms with Crippen LogP contribution in [0.4, 0.5) is 0 Å². The van der Waals surface area contributed by atoms with Gasteiger partial charge in [0.25, 0.3) is 0 Å². The number of aliphatic carboxylic acids is 1. The summed E-state index contributed by atoms with van der Waals surface area (Å²) in [5.41, 5.74) is 1.01. The molecular formula is C9H8BO4-. The molecule has 72 valence electrons. The van der Waals surface area contributed by atoms with Gasteiger partial charge in [0.2, 0.25) is 0 Å². The van der Waals surface area contributed by atoms with E-state index >= 15 is 0 Å². The third kappa shape index (κ3) is 3.04. The SMILES string of the molecule is O=C([O-])/C=C/c1ccc(B(O)O)cc1. The predicted octanol–water partition coefficient (Wildman–Crippen LogP) is -1.87. The highest BCUT2D eigenvalue weighted by molar-refractivity contribution is 6.58. The first-order chi connectivity index (χ1) is 6.59. The van der Waals surface area contributed by atoms with Crippen LogP contribution < -0.4 is 10.6 Å². The number of rotatable bonds is 3. The summed E-state index contributed by atoms with van der Waals surface area (Å²) in [7, 11) is -1.51. The first-order valence-corrected chi connectivity index (χ1v) is 3.95. The Hall–Kier alpha value is -1.59. The lowest BCUT2D eigenvalue weighted by Crippen LogP contribution is -2.29. The van der Waals surface area contributed by atoms with Gasteiger partial charge in [0.15, 0.2) is 0 Å². The quantitative estimate of drug-likeness (QED) is 0.433. The van der Waals surface area contributed by atoms with Gasteiger partial charge in [0.05, 0.1) is 5.97 Å². The fourth-order valence-corrected chi connectivity index (χ4v) is 0.944. The van der Waals surface area contributed by atoms with Crippen molar-refractivity contribution in [2.24, 2.45) is 0 Å². The molecule has 0 aliphatic heterocycles. The lowest BCUT2D eigenvalue weighted by molar-refractivity contribution is -0.297. The monoisotopic (exact) mass is 191 g/mol. The Balaban J connectivity index is 2.78. The van der Waals surface area contributed by atoms with Crippen molar-refractivity contribution >= 4 is 24.6 Å². The van der Waals surface area contributed by atoms with E-state index in [4.69, 9.17) is 10.0 Å². The molecule has 14 heavy (non-hydrogen) atoms. The molecule has 2 N–H and O–H groups in total. The minimum absolute atomic E-state index is 0.357. The first-order valence-electron chi connectivity index (χ1n) is 3.95. The molecule has 0 unspecified atom stereocenters. The highest BCUT2D eigenvalue weighted by atomic mass is 16.4. The van der Waals surface area contributed by atoms with Crippen molar-refractivity contribution in [3.63, 3.8) is 0 Å². The van der Waals surface area contributed by atoms with Crippen LogP contribution in [0.3, 0.4) is 0 Å². The average molecular weight is 191 g/mol. The third-order valence-corrected chi connectivity index (χ3v) is 1.65. The van der Waals surface area contributed by atoms with Crippen molar-refractivity contribution in [2.45, 2.75) is 0 Å². The minimum atomic E-state index is -1.51. The fraction of sp³-hybridized carbons (Fsp3) is 0. The molecule has 0 amide bonds. The Morgan fingerprint density at radius 3 is 2.29 bits per heavy atom. The standard InChI is InChI=1S/C9H9BO4/c11-9(12)6-3-7-1-4-8(5-2-7)10(13)14/h1-6,13-14H,(H,11,12)/p-1/b6-3+. The van der Waals surface area contributed by atoms with Crippen LogP contribution in [0.25, 0.3) is 6.08 Å². The molecular weight excluding hydrogens is 183 g/mol. The van der Waals surface area contributed by atoms with Gasteiger partial charge in [0, 0.05) is 0 Å². The van der Waals surface area contributed by atoms with Gasteiger partial charge in [0.1, 0.15) is 0 Å². The Labute approximate surface area is 81.3 Å². The van der Waals surface area contributed by atoms with E-state index in [1.807, 2.05) is 0 Å². The summed E-state index contributed by atoms with van der Waals surface area (Å²) in [6.07, 6.45) is 2.27. The van der Waals surface area contributed by atoms with Gasteiger partial charge in [-0.2, -0.15) is 0 Å². The molecule has 0 spiro atoms. The molecule has 0 atom stereocenters. The van der Waals surface area contributed by atoms with Crippen molar-refractivity contribution < 1.29 is 19.9 Å². The lowest BCUT2D eigenvalue weighted by Gasteiger charge is -1.99. The number of carboxylic acids is 1. The van der Waals surface area contributed by atoms with Crippen molar-refractivity contribution in [1.82, 2.24) is 0 Å². The smallest absolute Gasteiger partial charge is 0.488 e. The van der Waals surface area contributed by atoms with Crippen molar-refractivity contribution in [1.29, 1.82) is 0 Å². The Bertz CT molecular complexity index is 342. The van der Waals surface area contributed by atoms with E-state index in [0.29, 0.717) is 11.0 Å². The number of benzene rings is 1. The second kappa shape index (κ2) is 4.60. The molecule has 0 saturated carbocycles. The number of carboxylic acid groups (broad SMARTS) is 1. The summed E-state index contributed by atoms with van der Waals surface area (Å²) >= 11 is 0. The molecule has 1 aromatic carbocycles. The molecule has 0 fully saturated rings. The van der Waals surface area contributed by atoms with Crippen LogP contribution in [0.2, 0.25) is 0 Å². The number of hydrogen-bond acceptors (Lipinski definition) is 4. The van der Waals surface area contributed by atoms with E-state index in [1.165, 1.54) is 18.2 Å². The Morgan fingerprint density at radius 2 is 1.86 bits per heavy atom. The van der Waals surface area contributed by atoms with Gasteiger partial charge >= 0.3 is 7.12 Å². The van der Waals surface area contributed by atoms with Crippen LogP contribution in [-0.2, 0) is 4.79 Å². The summed E-state index contributed by atoms with van der Waals surface area (Å²) in [5, 5.41) is 27.6. The van der Waals surface area contributed by atoms with Crippen LogP contribution in [0.15, 0.2) is 30.3 Å². The Kier molecular flexibility index (Phi) is 3.44. The van der Waals surface area contributed by atoms with E-state index < -0.39 is 13.1 Å². The largest absolute Gasteiger partial charge is 0.545 e. The highest BCUT2D eigenvalue weighted by Gasteiger charge is 2.08. The van der Waals surface area contributed by atoms with Gasteiger partial charge in [-0.25, -0.2) is 0 Å². The predicted molar refractivity (Wildman–Crippen MR) is 50.3 cm³/mol. The summed E-state index contributed by atoms with van der Waals surface area (Å²) < 4.78 is 0. The van der Waals surface area contributed by atoms with Crippen molar-refractivity contribution in [3.8, 4) is 0 Å². The zero-order valence-electron chi connectivity index (χ0n) is 7.25. The molecule has 5 heteroatoms. The summed E-state index contributed by atoms with van der Waals surface area (Å²) in [4.78, 5) is 10.1. The van der Waals surface area contributed by atoms with Crippen molar-refractivity contribution in [3.05, 3.63) is 35.9 Å². The first kappa shape index (κ1) is 10.5. The van der Waals surface area contributed by atoms with Crippen LogP contribution in [0.5, 0.6) is 0 Å². The van der Waals surface area contributed by atoms with Crippen LogP contribution in [-0.4, -0.2) is 23.1 Å². The summed E-state index contributed by atoms with van der Waals surface area (Å²) in [5.74, 6) is -1.27. The molecule has 1 rings (SSSR count). The van der Waals surface area contributed by atoms with E-state index in [-0.39, 0.29) is 0 Å². The lowest BCUT2D eigenvalue weighted by atomic mass is 9.80. The van der Waals surface area contributed by atoms with E-state index in [2.05, 4.69) is 0 Å². The summed E-state index contributed by atoms with van der Waals surface area (Å²) in [6, 6.07) is 6.15. The molecule has 0 saturated heterocycles. The molecule has 4 nitrogen and oxygen atoms in total. The van der Waals surface area contributed by atoms with Gasteiger partial charge in [-0.1, -0.05) is 30.3 Å². The molecule has 0 aliphatic carbocycles. The molecule has 0 aromatic heterocycles. The van der Waals surface area contributed by atoms with Gasteiger partial charge in [-0.05, 0) is 17.1 Å².